The minimum atomic E-state index is -1.13. The number of carboxylic acid groups (broad SMARTS) is 1. The Morgan fingerprint density at radius 3 is 2.40 bits per heavy atom. The lowest BCUT2D eigenvalue weighted by Gasteiger charge is -2.14. The molecule has 1 aromatic carbocycles. The summed E-state index contributed by atoms with van der Waals surface area (Å²) in [6, 6.07) is 7.59. The van der Waals surface area contributed by atoms with Gasteiger partial charge in [-0.3, -0.25) is 4.79 Å². The summed E-state index contributed by atoms with van der Waals surface area (Å²) in [7, 11) is 0. The molecule has 5 N–H and O–H groups in total. The maximum atomic E-state index is 11.4. The number of urea groups is 1. The number of amides is 3. The van der Waals surface area contributed by atoms with E-state index in [2.05, 4.69) is 10.6 Å². The summed E-state index contributed by atoms with van der Waals surface area (Å²) in [5, 5.41) is 13.5. The number of nitrogens with one attached hydrogen (secondary N) is 2. The summed E-state index contributed by atoms with van der Waals surface area (Å²) in [5.74, 6) is -1.83. The molecule has 0 aliphatic carbocycles. The van der Waals surface area contributed by atoms with Crippen molar-refractivity contribution in [2.24, 2.45) is 5.73 Å². The van der Waals surface area contributed by atoms with Crippen molar-refractivity contribution in [2.75, 3.05) is 6.54 Å². The zero-order valence-electron chi connectivity index (χ0n) is 10.8. The van der Waals surface area contributed by atoms with E-state index in [0.29, 0.717) is 6.42 Å². The highest BCUT2D eigenvalue weighted by atomic mass is 16.4. The molecule has 20 heavy (non-hydrogen) atoms. The van der Waals surface area contributed by atoms with Gasteiger partial charge < -0.3 is 21.5 Å². The molecule has 1 atom stereocenters. The number of primary amides is 1. The van der Waals surface area contributed by atoms with Gasteiger partial charge in [-0.05, 0) is 18.4 Å². The minimum Gasteiger partial charge on any atom is -0.480 e. The molecule has 0 bridgehead atoms. The fraction of sp³-hybridized carbons (Fsp3) is 0.308. The second-order valence-corrected chi connectivity index (χ2v) is 4.21. The van der Waals surface area contributed by atoms with Gasteiger partial charge in [0.2, 0.25) is 5.91 Å². The maximum absolute atomic E-state index is 11.4. The molecule has 7 nitrogen and oxygen atoms in total. The van der Waals surface area contributed by atoms with E-state index in [1.807, 2.05) is 30.3 Å². The predicted octanol–water partition coefficient (Wildman–Crippen LogP) is -0.143. The molecular weight excluding hydrogens is 262 g/mol. The van der Waals surface area contributed by atoms with Crippen molar-refractivity contribution in [1.82, 2.24) is 10.6 Å². The highest BCUT2D eigenvalue weighted by Gasteiger charge is 2.19. The zero-order chi connectivity index (χ0) is 15.0. The summed E-state index contributed by atoms with van der Waals surface area (Å²) in [6.07, 6.45) is 0.775. The van der Waals surface area contributed by atoms with Crippen LogP contribution in [0.15, 0.2) is 30.3 Å². The highest BCUT2D eigenvalue weighted by Crippen LogP contribution is 2.05. The maximum Gasteiger partial charge on any atom is 0.326 e. The lowest BCUT2D eigenvalue weighted by molar-refractivity contribution is -0.139. The van der Waals surface area contributed by atoms with Gasteiger partial charge in [-0.15, -0.1) is 0 Å². The van der Waals surface area contributed by atoms with Gasteiger partial charge in [-0.2, -0.15) is 0 Å². The minimum absolute atomic E-state index is 0.253. The third-order valence-corrected chi connectivity index (χ3v) is 2.59. The van der Waals surface area contributed by atoms with Crippen LogP contribution in [-0.4, -0.2) is 35.6 Å². The lowest BCUT2D eigenvalue weighted by atomic mass is 10.1. The quantitative estimate of drug-likeness (QED) is 0.554. The molecule has 1 rings (SSSR count). The Balaban J connectivity index is 2.46. The van der Waals surface area contributed by atoms with Crippen LogP contribution in [0.2, 0.25) is 0 Å². The largest absolute Gasteiger partial charge is 0.480 e. The van der Waals surface area contributed by atoms with Crippen LogP contribution in [0.3, 0.4) is 0 Å². The number of hydrogen-bond donors (Lipinski definition) is 4. The van der Waals surface area contributed by atoms with E-state index in [1.54, 1.807) is 0 Å². The summed E-state index contributed by atoms with van der Waals surface area (Å²) >= 11 is 0. The van der Waals surface area contributed by atoms with E-state index in [-0.39, 0.29) is 13.0 Å². The number of carbonyl (C=O) groups excluding carboxylic acids is 2. The summed E-state index contributed by atoms with van der Waals surface area (Å²) in [6.45, 7) is -0.336. The Hall–Kier alpha value is -2.57. The number of carboxylic acids is 1. The molecule has 7 heteroatoms. The molecule has 0 aliphatic rings. The van der Waals surface area contributed by atoms with Gasteiger partial charge in [0, 0.05) is 0 Å². The normalized spacial score (nSPS) is 11.4. The van der Waals surface area contributed by atoms with Crippen LogP contribution in [0.1, 0.15) is 12.0 Å². The number of carbonyl (C=O) groups is 3. The predicted molar refractivity (Wildman–Crippen MR) is 71.9 cm³/mol. The molecule has 0 fully saturated rings. The van der Waals surface area contributed by atoms with E-state index in [0.717, 1.165) is 5.56 Å². The standard InChI is InChI=1S/C13H17N3O4/c14-11(17)8-15-13(20)16-10(12(18)19)7-6-9-4-2-1-3-5-9/h1-5,10H,6-8H2,(H2,14,17)(H,18,19)(H2,15,16,20). The van der Waals surface area contributed by atoms with Crippen LogP contribution in [0, 0.1) is 0 Å². The van der Waals surface area contributed by atoms with Crippen molar-refractivity contribution in [3.8, 4) is 0 Å². The second-order valence-electron chi connectivity index (χ2n) is 4.21. The van der Waals surface area contributed by atoms with Crippen molar-refractivity contribution >= 4 is 17.9 Å². The van der Waals surface area contributed by atoms with Gasteiger partial charge in [-0.25, -0.2) is 9.59 Å². The zero-order valence-corrected chi connectivity index (χ0v) is 10.8. The second kappa shape index (κ2) is 7.78. The Morgan fingerprint density at radius 1 is 1.20 bits per heavy atom. The molecule has 0 aliphatic heterocycles. The first-order chi connectivity index (χ1) is 9.49. The average Bonchev–Trinajstić information content (AvgIpc) is 2.42. The lowest BCUT2D eigenvalue weighted by Crippen LogP contribution is -2.48. The van der Waals surface area contributed by atoms with Gasteiger partial charge in [0.05, 0.1) is 6.54 Å². The summed E-state index contributed by atoms with van der Waals surface area (Å²) < 4.78 is 0. The van der Waals surface area contributed by atoms with Gasteiger partial charge >= 0.3 is 12.0 Å². The first-order valence-electron chi connectivity index (χ1n) is 6.08. The van der Waals surface area contributed by atoms with Crippen molar-refractivity contribution in [3.05, 3.63) is 35.9 Å². The van der Waals surface area contributed by atoms with E-state index < -0.39 is 23.9 Å². The first kappa shape index (κ1) is 15.5. The Bertz CT molecular complexity index is 476. The van der Waals surface area contributed by atoms with Gasteiger partial charge in [0.15, 0.2) is 0 Å². The Labute approximate surface area is 116 Å². The molecule has 1 unspecified atom stereocenters. The molecule has 0 heterocycles. The number of aliphatic carboxylic acids is 1. The van der Waals surface area contributed by atoms with Crippen molar-refractivity contribution in [1.29, 1.82) is 0 Å². The highest BCUT2D eigenvalue weighted by molar-refractivity contribution is 5.85. The fourth-order valence-corrected chi connectivity index (χ4v) is 1.59. The van der Waals surface area contributed by atoms with Gasteiger partial charge in [-0.1, -0.05) is 30.3 Å². The average molecular weight is 279 g/mol. The van der Waals surface area contributed by atoms with Crippen LogP contribution in [0.25, 0.3) is 0 Å². The number of nitrogens with two attached hydrogens (primary N) is 1. The van der Waals surface area contributed by atoms with Crippen molar-refractivity contribution in [2.45, 2.75) is 18.9 Å². The third-order valence-electron chi connectivity index (χ3n) is 2.59. The molecule has 0 saturated heterocycles. The third kappa shape index (κ3) is 5.85. The summed E-state index contributed by atoms with van der Waals surface area (Å²) in [4.78, 5) is 32.9. The van der Waals surface area contributed by atoms with Gasteiger partial charge in [0.25, 0.3) is 0 Å². The molecule has 0 spiro atoms. The van der Waals surface area contributed by atoms with Crippen LogP contribution < -0.4 is 16.4 Å². The molecule has 3 amide bonds. The number of hydrogen-bond acceptors (Lipinski definition) is 3. The van der Waals surface area contributed by atoms with E-state index >= 15 is 0 Å². The van der Waals surface area contributed by atoms with Crippen LogP contribution in [0.4, 0.5) is 4.79 Å². The van der Waals surface area contributed by atoms with E-state index in [9.17, 15) is 14.4 Å². The van der Waals surface area contributed by atoms with Crippen LogP contribution in [0.5, 0.6) is 0 Å². The number of aryl methyl sites for hydroxylation is 1. The van der Waals surface area contributed by atoms with E-state index in [4.69, 9.17) is 10.8 Å². The first-order valence-corrected chi connectivity index (χ1v) is 6.08. The fourth-order valence-electron chi connectivity index (χ4n) is 1.59. The molecular formula is C13H17N3O4. The SMILES string of the molecule is NC(=O)CNC(=O)NC(CCc1ccccc1)C(=O)O. The van der Waals surface area contributed by atoms with Crippen LogP contribution >= 0.6 is 0 Å². The molecule has 108 valence electrons. The van der Waals surface area contributed by atoms with Crippen molar-refractivity contribution < 1.29 is 19.5 Å². The van der Waals surface area contributed by atoms with E-state index in [1.165, 1.54) is 0 Å². The molecule has 0 saturated carbocycles. The molecule has 0 radical (unpaired) electrons. The monoisotopic (exact) mass is 279 g/mol. The smallest absolute Gasteiger partial charge is 0.326 e. The number of rotatable bonds is 7. The van der Waals surface area contributed by atoms with Crippen molar-refractivity contribution in [3.63, 3.8) is 0 Å². The summed E-state index contributed by atoms with van der Waals surface area (Å²) in [5.41, 5.74) is 5.85. The Morgan fingerprint density at radius 2 is 1.85 bits per heavy atom. The topological polar surface area (TPSA) is 122 Å². The Kier molecular flexibility index (Phi) is 6.02. The van der Waals surface area contributed by atoms with Crippen LogP contribution in [-0.2, 0) is 16.0 Å². The molecule has 1 aromatic rings. The molecule has 0 aromatic heterocycles. The van der Waals surface area contributed by atoms with Gasteiger partial charge in [0.1, 0.15) is 6.04 Å². The number of benzene rings is 1.